The lowest BCUT2D eigenvalue weighted by molar-refractivity contribution is -0.123. The largest absolute Gasteiger partial charge is 0.390 e. The van der Waals surface area contributed by atoms with Gasteiger partial charge in [-0.05, 0) is 43.0 Å². The van der Waals surface area contributed by atoms with Crippen LogP contribution in [0, 0.1) is 5.92 Å². The zero-order chi connectivity index (χ0) is 13.9. The summed E-state index contributed by atoms with van der Waals surface area (Å²) in [6, 6.07) is 7.73. The molecule has 0 spiro atoms. The van der Waals surface area contributed by atoms with Crippen LogP contribution in [0.5, 0.6) is 0 Å². The van der Waals surface area contributed by atoms with Crippen molar-refractivity contribution in [2.75, 3.05) is 13.1 Å². The number of fused-ring (bicyclic) bond motifs is 1. The van der Waals surface area contributed by atoms with Gasteiger partial charge in [-0.2, -0.15) is 0 Å². The van der Waals surface area contributed by atoms with Crippen LogP contribution in [-0.2, 0) is 11.2 Å². The summed E-state index contributed by atoms with van der Waals surface area (Å²) in [5.41, 5.74) is 2.21. The Morgan fingerprint density at radius 1 is 1.30 bits per heavy atom. The van der Waals surface area contributed by atoms with E-state index in [0.717, 1.165) is 37.1 Å². The molecule has 0 unspecified atom stereocenters. The van der Waals surface area contributed by atoms with E-state index in [2.05, 4.69) is 10.6 Å². The zero-order valence-electron chi connectivity index (χ0n) is 11.6. The van der Waals surface area contributed by atoms with E-state index in [4.69, 9.17) is 0 Å². The van der Waals surface area contributed by atoms with Crippen molar-refractivity contribution in [3.05, 3.63) is 35.4 Å². The number of hydrogen-bond donors (Lipinski definition) is 3. The Balaban J connectivity index is 1.61. The maximum Gasteiger partial charge on any atom is 0.220 e. The van der Waals surface area contributed by atoms with Gasteiger partial charge in [0.1, 0.15) is 0 Å². The van der Waals surface area contributed by atoms with Crippen molar-refractivity contribution in [2.24, 2.45) is 5.92 Å². The molecule has 1 aromatic rings. The monoisotopic (exact) mass is 274 g/mol. The summed E-state index contributed by atoms with van der Waals surface area (Å²) in [6.45, 7) is 2.01. The van der Waals surface area contributed by atoms with Crippen LogP contribution in [0.15, 0.2) is 24.3 Å². The molecule has 3 rings (SSSR count). The fourth-order valence-corrected chi connectivity index (χ4v) is 3.33. The molecule has 1 amide bonds. The van der Waals surface area contributed by atoms with Crippen molar-refractivity contribution >= 4 is 5.91 Å². The normalized spacial score (nSPS) is 26.2. The van der Waals surface area contributed by atoms with Gasteiger partial charge in [0.2, 0.25) is 5.91 Å². The van der Waals surface area contributed by atoms with Crippen LogP contribution >= 0.6 is 0 Å². The third kappa shape index (κ3) is 2.86. The van der Waals surface area contributed by atoms with Crippen LogP contribution in [0.3, 0.4) is 0 Å². The van der Waals surface area contributed by atoms with E-state index >= 15 is 0 Å². The fourth-order valence-electron chi connectivity index (χ4n) is 3.33. The van der Waals surface area contributed by atoms with E-state index in [9.17, 15) is 9.90 Å². The fraction of sp³-hybridized carbons (Fsp3) is 0.562. The van der Waals surface area contributed by atoms with Gasteiger partial charge in [0.05, 0.1) is 12.1 Å². The lowest BCUT2D eigenvalue weighted by Gasteiger charge is -2.24. The van der Waals surface area contributed by atoms with Gasteiger partial charge < -0.3 is 15.7 Å². The highest BCUT2D eigenvalue weighted by atomic mass is 16.3. The highest BCUT2D eigenvalue weighted by Gasteiger charge is 2.32. The number of piperidine rings is 1. The van der Waals surface area contributed by atoms with Crippen molar-refractivity contribution in [1.82, 2.24) is 10.6 Å². The molecule has 2 aliphatic rings. The second-order valence-corrected chi connectivity index (χ2v) is 5.91. The van der Waals surface area contributed by atoms with E-state index in [0.29, 0.717) is 18.8 Å². The van der Waals surface area contributed by atoms with E-state index < -0.39 is 6.10 Å². The number of carbonyl (C=O) groups is 1. The maximum atomic E-state index is 12.2. The minimum Gasteiger partial charge on any atom is -0.390 e. The van der Waals surface area contributed by atoms with E-state index in [-0.39, 0.29) is 11.9 Å². The van der Waals surface area contributed by atoms with Gasteiger partial charge in [0, 0.05) is 12.8 Å². The molecule has 1 heterocycles. The van der Waals surface area contributed by atoms with E-state index in [1.165, 1.54) is 0 Å². The molecule has 1 aliphatic heterocycles. The lowest BCUT2D eigenvalue weighted by atomic mass is 9.94. The van der Waals surface area contributed by atoms with Crippen molar-refractivity contribution in [1.29, 1.82) is 0 Å². The summed E-state index contributed by atoms with van der Waals surface area (Å²) in [7, 11) is 0. The van der Waals surface area contributed by atoms with E-state index in [1.54, 1.807) is 0 Å². The van der Waals surface area contributed by atoms with E-state index in [1.807, 2.05) is 24.3 Å². The molecule has 1 aromatic carbocycles. The van der Waals surface area contributed by atoms with Gasteiger partial charge >= 0.3 is 0 Å². The molecule has 20 heavy (non-hydrogen) atoms. The summed E-state index contributed by atoms with van der Waals surface area (Å²) in [5, 5.41) is 16.5. The third-order valence-corrected chi connectivity index (χ3v) is 4.45. The lowest BCUT2D eigenvalue weighted by Crippen LogP contribution is -2.36. The molecule has 0 aromatic heterocycles. The topological polar surface area (TPSA) is 61.4 Å². The molecule has 0 radical (unpaired) electrons. The quantitative estimate of drug-likeness (QED) is 0.775. The van der Waals surface area contributed by atoms with Crippen LogP contribution in [-0.4, -0.2) is 30.2 Å². The number of aliphatic hydroxyl groups is 1. The van der Waals surface area contributed by atoms with Crippen molar-refractivity contribution in [2.45, 2.75) is 37.8 Å². The standard InChI is InChI=1S/C16H22N2O2/c19-14-10-12-3-1-2-4-13(12)16(14)18-15(20)9-11-5-7-17-8-6-11/h1-4,11,14,16-17,19H,5-10H2,(H,18,20)/t14-,16+/m0/s1. The molecule has 4 heteroatoms. The molecule has 2 atom stereocenters. The van der Waals surface area contributed by atoms with Crippen LogP contribution in [0.4, 0.5) is 0 Å². The summed E-state index contributed by atoms with van der Waals surface area (Å²) < 4.78 is 0. The summed E-state index contributed by atoms with van der Waals surface area (Å²) in [6.07, 6.45) is 2.85. The number of carbonyl (C=O) groups excluding carboxylic acids is 1. The minimum absolute atomic E-state index is 0.0673. The molecule has 4 nitrogen and oxygen atoms in total. The van der Waals surface area contributed by atoms with Crippen molar-refractivity contribution in [3.8, 4) is 0 Å². The molecule has 0 bridgehead atoms. The number of amides is 1. The van der Waals surface area contributed by atoms with Gasteiger partial charge in [0.25, 0.3) is 0 Å². The van der Waals surface area contributed by atoms with Crippen molar-refractivity contribution in [3.63, 3.8) is 0 Å². The Kier molecular flexibility index (Phi) is 4.03. The summed E-state index contributed by atoms with van der Waals surface area (Å²) in [5.74, 6) is 0.544. The SMILES string of the molecule is O=C(CC1CCNCC1)N[C@@H]1c2ccccc2C[C@@H]1O. The van der Waals surface area contributed by atoms with Gasteiger partial charge in [-0.15, -0.1) is 0 Å². The number of nitrogens with one attached hydrogen (secondary N) is 2. The highest BCUT2D eigenvalue weighted by molar-refractivity contribution is 5.77. The second kappa shape index (κ2) is 5.94. The average Bonchev–Trinajstić information content (AvgIpc) is 2.76. The van der Waals surface area contributed by atoms with Gasteiger partial charge in [0.15, 0.2) is 0 Å². The van der Waals surface area contributed by atoms with Gasteiger partial charge in [-0.3, -0.25) is 4.79 Å². The maximum absolute atomic E-state index is 12.2. The minimum atomic E-state index is -0.496. The first-order chi connectivity index (χ1) is 9.74. The predicted molar refractivity (Wildman–Crippen MR) is 77.2 cm³/mol. The first kappa shape index (κ1) is 13.6. The van der Waals surface area contributed by atoms with Crippen LogP contribution < -0.4 is 10.6 Å². The number of aliphatic hydroxyl groups excluding tert-OH is 1. The highest BCUT2D eigenvalue weighted by Crippen LogP contribution is 2.31. The Labute approximate surface area is 119 Å². The number of benzene rings is 1. The molecule has 108 valence electrons. The van der Waals surface area contributed by atoms with Crippen LogP contribution in [0.25, 0.3) is 0 Å². The number of hydrogen-bond acceptors (Lipinski definition) is 3. The molecular weight excluding hydrogens is 252 g/mol. The summed E-state index contributed by atoms with van der Waals surface area (Å²) in [4.78, 5) is 12.2. The first-order valence-corrected chi connectivity index (χ1v) is 7.50. The van der Waals surface area contributed by atoms with Crippen LogP contribution in [0.2, 0.25) is 0 Å². The first-order valence-electron chi connectivity index (χ1n) is 7.50. The zero-order valence-corrected chi connectivity index (χ0v) is 11.6. The van der Waals surface area contributed by atoms with Crippen LogP contribution in [0.1, 0.15) is 36.4 Å². The molecular formula is C16H22N2O2. The van der Waals surface area contributed by atoms with Gasteiger partial charge in [-0.1, -0.05) is 24.3 Å². The van der Waals surface area contributed by atoms with Crippen molar-refractivity contribution < 1.29 is 9.90 Å². The second-order valence-electron chi connectivity index (χ2n) is 5.91. The molecule has 1 fully saturated rings. The molecule has 1 saturated heterocycles. The number of rotatable bonds is 3. The molecule has 1 aliphatic carbocycles. The molecule has 3 N–H and O–H groups in total. The molecule has 0 saturated carbocycles. The Bertz CT molecular complexity index is 483. The third-order valence-electron chi connectivity index (χ3n) is 4.45. The average molecular weight is 274 g/mol. The van der Waals surface area contributed by atoms with Gasteiger partial charge in [-0.25, -0.2) is 0 Å². The Morgan fingerprint density at radius 2 is 2.05 bits per heavy atom. The summed E-state index contributed by atoms with van der Waals surface area (Å²) >= 11 is 0. The Morgan fingerprint density at radius 3 is 2.85 bits per heavy atom. The predicted octanol–water partition coefficient (Wildman–Crippen LogP) is 1.15. The Hall–Kier alpha value is -1.39. The smallest absolute Gasteiger partial charge is 0.220 e.